The molecule has 1 aromatic carbocycles. The third kappa shape index (κ3) is 3.06. The molecule has 0 saturated heterocycles. The van der Waals surface area contributed by atoms with Crippen molar-refractivity contribution in [3.05, 3.63) is 54.2 Å². The van der Waals surface area contributed by atoms with Gasteiger partial charge in [0.15, 0.2) is 0 Å². The number of nitrogens with zero attached hydrogens (tertiary/aromatic N) is 7. The number of pyridine rings is 1. The van der Waals surface area contributed by atoms with Gasteiger partial charge < -0.3 is 4.74 Å². The van der Waals surface area contributed by atoms with E-state index in [1.807, 2.05) is 51.4 Å². The van der Waals surface area contributed by atoms with E-state index in [-0.39, 0.29) is 6.10 Å². The minimum Gasteiger partial charge on any atom is -0.484 e. The summed E-state index contributed by atoms with van der Waals surface area (Å²) in [6, 6.07) is 7.71. The van der Waals surface area contributed by atoms with Crippen molar-refractivity contribution in [2.24, 2.45) is 7.05 Å². The molecule has 0 radical (unpaired) electrons. The van der Waals surface area contributed by atoms with E-state index in [0.717, 1.165) is 39.0 Å². The van der Waals surface area contributed by atoms with Gasteiger partial charge in [0, 0.05) is 30.5 Å². The first kappa shape index (κ1) is 17.2. The predicted octanol–water partition coefficient (Wildman–Crippen LogP) is 3.15. The summed E-state index contributed by atoms with van der Waals surface area (Å²) in [6.45, 7) is 3.90. The summed E-state index contributed by atoms with van der Waals surface area (Å²) in [4.78, 5) is 13.5. The highest BCUT2D eigenvalue weighted by Crippen LogP contribution is 2.31. The fourth-order valence-electron chi connectivity index (χ4n) is 3.39. The van der Waals surface area contributed by atoms with Crippen LogP contribution in [0.25, 0.3) is 33.3 Å². The van der Waals surface area contributed by atoms with E-state index in [2.05, 4.69) is 35.5 Å². The number of fused-ring (bicyclic) bond motifs is 2. The first-order valence-electron chi connectivity index (χ1n) is 9.18. The van der Waals surface area contributed by atoms with Gasteiger partial charge in [-0.15, -0.1) is 5.10 Å². The molecule has 9 nitrogen and oxygen atoms in total. The third-order valence-corrected chi connectivity index (χ3v) is 4.69. The number of H-pyrrole nitrogens is 1. The molecule has 0 aliphatic carbocycles. The summed E-state index contributed by atoms with van der Waals surface area (Å²) in [5, 5.41) is 16.5. The average molecular weight is 386 g/mol. The van der Waals surface area contributed by atoms with Gasteiger partial charge >= 0.3 is 0 Å². The molecular formula is C20H18N8O. The summed E-state index contributed by atoms with van der Waals surface area (Å²) in [6.07, 6.45) is 4.87. The molecule has 1 atom stereocenters. The second kappa shape index (κ2) is 6.62. The predicted molar refractivity (Wildman–Crippen MR) is 107 cm³/mol. The number of benzene rings is 1. The SMILES string of the molecule is Cc1cc2nccnc2c(C(C)Oc2ccc3[nH]nc(-c4cn(C)nn4)c3c2)n1. The van der Waals surface area contributed by atoms with E-state index in [1.54, 1.807) is 17.1 Å². The number of ether oxygens (including phenoxy) is 1. The fourth-order valence-corrected chi connectivity index (χ4v) is 3.39. The van der Waals surface area contributed by atoms with Gasteiger partial charge in [0.1, 0.15) is 34.5 Å². The van der Waals surface area contributed by atoms with Crippen molar-refractivity contribution in [1.82, 2.24) is 40.1 Å². The highest BCUT2D eigenvalue weighted by Gasteiger charge is 2.17. The molecule has 4 aromatic heterocycles. The van der Waals surface area contributed by atoms with Crippen LogP contribution in [0.15, 0.2) is 42.9 Å². The number of aromatic nitrogens is 8. The van der Waals surface area contributed by atoms with Gasteiger partial charge in [-0.1, -0.05) is 5.21 Å². The van der Waals surface area contributed by atoms with Gasteiger partial charge in [-0.05, 0) is 38.1 Å². The molecule has 29 heavy (non-hydrogen) atoms. The Bertz CT molecular complexity index is 1340. The van der Waals surface area contributed by atoms with Crippen LogP contribution in [0.2, 0.25) is 0 Å². The maximum absolute atomic E-state index is 6.22. The van der Waals surface area contributed by atoms with Crippen LogP contribution in [0, 0.1) is 6.92 Å². The fraction of sp³-hybridized carbons (Fsp3) is 0.200. The molecular weight excluding hydrogens is 368 g/mol. The second-order valence-corrected chi connectivity index (χ2v) is 6.89. The summed E-state index contributed by atoms with van der Waals surface area (Å²) < 4.78 is 7.87. The number of rotatable bonds is 4. The molecule has 0 spiro atoms. The molecule has 0 bridgehead atoms. The number of aryl methyl sites for hydroxylation is 2. The summed E-state index contributed by atoms with van der Waals surface area (Å²) in [5.41, 5.74) is 5.52. The van der Waals surface area contributed by atoms with Crippen molar-refractivity contribution in [1.29, 1.82) is 0 Å². The Morgan fingerprint density at radius 1 is 1.14 bits per heavy atom. The van der Waals surface area contributed by atoms with Crippen LogP contribution in [0.3, 0.4) is 0 Å². The molecule has 1 N–H and O–H groups in total. The molecule has 0 fully saturated rings. The van der Waals surface area contributed by atoms with Gasteiger partial charge in [0.2, 0.25) is 0 Å². The summed E-state index contributed by atoms with van der Waals surface area (Å²) in [5.74, 6) is 0.705. The first-order chi connectivity index (χ1) is 14.1. The Kier molecular flexibility index (Phi) is 3.94. The highest BCUT2D eigenvalue weighted by atomic mass is 16.5. The number of hydrogen-bond acceptors (Lipinski definition) is 7. The lowest BCUT2D eigenvalue weighted by atomic mass is 10.1. The minimum atomic E-state index is -0.307. The molecule has 5 rings (SSSR count). The Morgan fingerprint density at radius 3 is 2.83 bits per heavy atom. The van der Waals surface area contributed by atoms with E-state index in [1.165, 1.54) is 0 Å². The van der Waals surface area contributed by atoms with Crippen LogP contribution in [0.4, 0.5) is 0 Å². The minimum absolute atomic E-state index is 0.307. The quantitative estimate of drug-likeness (QED) is 0.505. The zero-order chi connectivity index (χ0) is 20.0. The largest absolute Gasteiger partial charge is 0.484 e. The number of hydrogen-bond donors (Lipinski definition) is 1. The molecule has 1 unspecified atom stereocenters. The standard InChI is InChI=1S/C20H18N8O/c1-11-8-16-20(22-7-6-21-16)18(23-11)12(2)29-13-4-5-15-14(9-13)19(26-24-15)17-10-28(3)27-25-17/h4-10,12H,1-3H3,(H,24,26). The smallest absolute Gasteiger partial charge is 0.140 e. The molecule has 5 aromatic rings. The van der Waals surface area contributed by atoms with E-state index >= 15 is 0 Å². The average Bonchev–Trinajstić information content (AvgIpc) is 3.32. The topological polar surface area (TPSA) is 107 Å². The molecule has 144 valence electrons. The van der Waals surface area contributed by atoms with E-state index in [9.17, 15) is 0 Å². The monoisotopic (exact) mass is 386 g/mol. The molecule has 0 saturated carbocycles. The maximum Gasteiger partial charge on any atom is 0.140 e. The number of nitrogens with one attached hydrogen (secondary N) is 1. The van der Waals surface area contributed by atoms with Gasteiger partial charge in [-0.2, -0.15) is 5.10 Å². The Hall–Kier alpha value is -3.88. The van der Waals surface area contributed by atoms with Crippen molar-refractivity contribution in [2.45, 2.75) is 20.0 Å². The van der Waals surface area contributed by atoms with E-state index in [4.69, 9.17) is 4.74 Å². The lowest BCUT2D eigenvalue weighted by molar-refractivity contribution is 0.223. The van der Waals surface area contributed by atoms with Crippen molar-refractivity contribution in [3.63, 3.8) is 0 Å². The lowest BCUT2D eigenvalue weighted by Gasteiger charge is -2.16. The van der Waals surface area contributed by atoms with E-state index in [0.29, 0.717) is 11.4 Å². The Morgan fingerprint density at radius 2 is 2.00 bits per heavy atom. The molecule has 0 amide bonds. The maximum atomic E-state index is 6.22. The van der Waals surface area contributed by atoms with Gasteiger partial charge in [-0.3, -0.25) is 24.7 Å². The van der Waals surface area contributed by atoms with Gasteiger partial charge in [-0.25, -0.2) is 0 Å². The van der Waals surface area contributed by atoms with Crippen LogP contribution < -0.4 is 4.74 Å². The van der Waals surface area contributed by atoms with Crippen LogP contribution in [0.5, 0.6) is 5.75 Å². The molecule has 0 aliphatic heterocycles. The zero-order valence-corrected chi connectivity index (χ0v) is 16.2. The lowest BCUT2D eigenvalue weighted by Crippen LogP contribution is -2.08. The first-order valence-corrected chi connectivity index (χ1v) is 9.18. The molecule has 4 heterocycles. The number of aromatic amines is 1. The summed E-state index contributed by atoms with van der Waals surface area (Å²) in [7, 11) is 1.82. The zero-order valence-electron chi connectivity index (χ0n) is 16.2. The van der Waals surface area contributed by atoms with Crippen LogP contribution >= 0.6 is 0 Å². The highest BCUT2D eigenvalue weighted by molar-refractivity contribution is 5.92. The molecule has 9 heteroatoms. The van der Waals surface area contributed by atoms with Gasteiger partial charge in [0.25, 0.3) is 0 Å². The third-order valence-electron chi connectivity index (χ3n) is 4.69. The van der Waals surface area contributed by atoms with Crippen molar-refractivity contribution in [3.8, 4) is 17.1 Å². The normalized spacial score (nSPS) is 12.5. The summed E-state index contributed by atoms with van der Waals surface area (Å²) >= 11 is 0. The Labute approximate surface area is 165 Å². The molecule has 0 aliphatic rings. The van der Waals surface area contributed by atoms with Crippen LogP contribution in [-0.4, -0.2) is 40.1 Å². The van der Waals surface area contributed by atoms with Gasteiger partial charge in [0.05, 0.1) is 17.2 Å². The van der Waals surface area contributed by atoms with Crippen molar-refractivity contribution < 1.29 is 4.74 Å². The second-order valence-electron chi connectivity index (χ2n) is 6.89. The van der Waals surface area contributed by atoms with Crippen molar-refractivity contribution >= 4 is 21.9 Å². The Balaban J connectivity index is 1.52. The van der Waals surface area contributed by atoms with E-state index < -0.39 is 0 Å². The van der Waals surface area contributed by atoms with Crippen LogP contribution in [-0.2, 0) is 7.05 Å². The van der Waals surface area contributed by atoms with Crippen molar-refractivity contribution in [2.75, 3.05) is 0 Å². The van der Waals surface area contributed by atoms with Crippen LogP contribution in [0.1, 0.15) is 24.4 Å².